The van der Waals surface area contributed by atoms with Gasteiger partial charge in [0.15, 0.2) is 11.5 Å². The summed E-state index contributed by atoms with van der Waals surface area (Å²) >= 11 is 0. The van der Waals surface area contributed by atoms with Gasteiger partial charge < -0.3 is 25.2 Å². The number of hydrogen-bond donors (Lipinski definition) is 4. The number of phenols is 2. The number of hydrogen-bond acceptors (Lipinski definition) is 6. The van der Waals surface area contributed by atoms with Gasteiger partial charge in [-0.25, -0.2) is 4.79 Å². The highest BCUT2D eigenvalue weighted by atomic mass is 16.5. The fourth-order valence-corrected chi connectivity index (χ4v) is 13.0. The molecule has 0 saturated heterocycles. The zero-order valence-electron chi connectivity index (χ0n) is 28.7. The van der Waals surface area contributed by atoms with Gasteiger partial charge in [0.1, 0.15) is 6.10 Å². The van der Waals surface area contributed by atoms with Gasteiger partial charge >= 0.3 is 5.97 Å². The first kappa shape index (κ1) is 32.9. The number of fused-ring (bicyclic) bond motifs is 7. The molecule has 10 atom stereocenters. The van der Waals surface area contributed by atoms with E-state index in [2.05, 4.69) is 34.6 Å². The lowest BCUT2D eigenvalue weighted by Crippen LogP contribution is -2.67. The second kappa shape index (κ2) is 10.7. The van der Waals surface area contributed by atoms with E-state index in [1.54, 1.807) is 12.1 Å². The minimum Gasteiger partial charge on any atom is -0.504 e. The van der Waals surface area contributed by atoms with Crippen LogP contribution < -0.4 is 0 Å². The molecule has 5 aliphatic rings. The van der Waals surface area contributed by atoms with Gasteiger partial charge in [-0.2, -0.15) is 0 Å². The minimum atomic E-state index is -0.734. The minimum absolute atomic E-state index is 0.0415. The quantitative estimate of drug-likeness (QED) is 0.151. The van der Waals surface area contributed by atoms with E-state index in [0.717, 1.165) is 44.9 Å². The summed E-state index contributed by atoms with van der Waals surface area (Å²) in [4.78, 5) is 13.0. The Balaban J connectivity index is 1.23. The molecule has 45 heavy (non-hydrogen) atoms. The van der Waals surface area contributed by atoms with Crippen LogP contribution in [0.5, 0.6) is 11.5 Å². The second-order valence-electron chi connectivity index (χ2n) is 17.9. The summed E-state index contributed by atoms with van der Waals surface area (Å²) < 4.78 is 6.17. The molecule has 0 heterocycles. The SMILES string of the molecule is CC(C)(O)[C@@H]1CC[C@]2(CO)CC[C@]3(C)[C@H](CC[C@@H]4[C@@]5(C)CCC(OC(=O)/C=C/c6ccc(O)c(O)c6)C(C)(C)[C@@H]5CC[C@]43C)[C@@H]12. The molecule has 1 aromatic carbocycles. The van der Waals surface area contributed by atoms with Gasteiger partial charge in [-0.15, -0.1) is 0 Å². The number of carbonyl (C=O) groups excluding carboxylic acids is 1. The topological polar surface area (TPSA) is 107 Å². The highest BCUT2D eigenvalue weighted by molar-refractivity contribution is 5.87. The van der Waals surface area contributed by atoms with Crippen molar-refractivity contribution in [2.75, 3.05) is 6.61 Å². The third-order valence-corrected chi connectivity index (χ3v) is 15.4. The lowest BCUT2D eigenvalue weighted by molar-refractivity contribution is -0.255. The first-order chi connectivity index (χ1) is 20.9. The van der Waals surface area contributed by atoms with Gasteiger partial charge in [0.05, 0.1) is 5.60 Å². The third kappa shape index (κ3) is 4.81. The van der Waals surface area contributed by atoms with Crippen LogP contribution >= 0.6 is 0 Å². The molecule has 6 rings (SSSR count). The van der Waals surface area contributed by atoms with Gasteiger partial charge in [-0.1, -0.05) is 40.7 Å². The predicted octanol–water partition coefficient (Wildman–Crippen LogP) is 7.87. The first-order valence-electron chi connectivity index (χ1n) is 17.7. The molecule has 6 nitrogen and oxygen atoms in total. The molecule has 4 N–H and O–H groups in total. The summed E-state index contributed by atoms with van der Waals surface area (Å²) in [6.07, 6.45) is 13.7. The fourth-order valence-electron chi connectivity index (χ4n) is 13.0. The molecule has 0 spiro atoms. The number of rotatable bonds is 5. The summed E-state index contributed by atoms with van der Waals surface area (Å²) in [5, 5.41) is 41.5. The monoisotopic (exact) mass is 622 g/mol. The zero-order chi connectivity index (χ0) is 32.8. The number of phenolic OH excluding ortho intramolecular Hbond substituents is 2. The maximum Gasteiger partial charge on any atom is 0.331 e. The number of aliphatic hydroxyl groups is 2. The van der Waals surface area contributed by atoms with E-state index < -0.39 is 5.60 Å². The molecule has 0 amide bonds. The van der Waals surface area contributed by atoms with Crippen LogP contribution in [0.1, 0.15) is 118 Å². The van der Waals surface area contributed by atoms with E-state index in [1.807, 2.05) is 13.8 Å². The van der Waals surface area contributed by atoms with E-state index >= 15 is 0 Å². The largest absolute Gasteiger partial charge is 0.504 e. The summed E-state index contributed by atoms with van der Waals surface area (Å²) in [5.74, 6) is 1.39. The van der Waals surface area contributed by atoms with Crippen molar-refractivity contribution in [1.29, 1.82) is 0 Å². The zero-order valence-corrected chi connectivity index (χ0v) is 28.7. The van der Waals surface area contributed by atoms with Crippen LogP contribution in [0, 0.1) is 56.7 Å². The molecule has 0 bridgehead atoms. The maximum absolute atomic E-state index is 13.0. The standard InChI is InChI=1S/C39H58O6/c1-34(2)29-15-18-38(7)30(12-10-26-33-25(35(3,4)44)14-19-39(33,23-40)21-20-37(26,38)6)36(29,5)17-16-31(34)45-32(43)13-9-24-8-11-27(41)28(42)22-24/h8-9,11,13,22,25-26,29-31,33,40-42,44H,10,12,14-21,23H2,1-7H3/b13-9+/t25-,26-,29+,30-,31?,33-,36+,37-,38-,39-/m1/s1. The molecule has 0 radical (unpaired) electrons. The van der Waals surface area contributed by atoms with Crippen LogP contribution in [-0.4, -0.2) is 44.7 Å². The molecular formula is C39H58O6. The molecule has 5 saturated carbocycles. The number of aliphatic hydroxyl groups excluding tert-OH is 1. The molecule has 250 valence electrons. The predicted molar refractivity (Wildman–Crippen MR) is 176 cm³/mol. The summed E-state index contributed by atoms with van der Waals surface area (Å²) in [6, 6.07) is 4.49. The van der Waals surface area contributed by atoms with E-state index in [9.17, 15) is 25.2 Å². The highest BCUT2D eigenvalue weighted by Crippen LogP contribution is 2.77. The Hall–Kier alpha value is -2.05. The number of esters is 1. The smallest absolute Gasteiger partial charge is 0.331 e. The van der Waals surface area contributed by atoms with Crippen LogP contribution in [0.4, 0.5) is 0 Å². The molecule has 0 aromatic heterocycles. The highest BCUT2D eigenvalue weighted by Gasteiger charge is 2.71. The Labute approximate surface area is 270 Å². The van der Waals surface area contributed by atoms with Gasteiger partial charge in [-0.3, -0.25) is 0 Å². The van der Waals surface area contributed by atoms with Crippen molar-refractivity contribution in [2.24, 2.45) is 56.7 Å². The molecule has 1 aromatic rings. The Kier molecular flexibility index (Phi) is 7.84. The number of benzene rings is 1. The van der Waals surface area contributed by atoms with Crippen LogP contribution in [-0.2, 0) is 9.53 Å². The summed E-state index contributed by atoms with van der Waals surface area (Å²) in [6.45, 7) is 16.6. The maximum atomic E-state index is 13.0. The van der Waals surface area contributed by atoms with Crippen molar-refractivity contribution in [2.45, 2.75) is 124 Å². The summed E-state index contributed by atoms with van der Waals surface area (Å²) in [7, 11) is 0. The molecule has 0 aliphatic heterocycles. The lowest BCUT2D eigenvalue weighted by Gasteiger charge is -2.73. The fraction of sp³-hybridized carbons (Fsp3) is 0.769. The van der Waals surface area contributed by atoms with Gasteiger partial charge in [0, 0.05) is 18.1 Å². The third-order valence-electron chi connectivity index (χ3n) is 15.4. The average molecular weight is 623 g/mol. The Morgan fingerprint density at radius 3 is 2.29 bits per heavy atom. The lowest BCUT2D eigenvalue weighted by atomic mass is 9.32. The number of carbonyl (C=O) groups is 1. The van der Waals surface area contributed by atoms with Crippen molar-refractivity contribution in [3.05, 3.63) is 29.8 Å². The molecule has 1 unspecified atom stereocenters. The Morgan fingerprint density at radius 1 is 0.889 bits per heavy atom. The van der Waals surface area contributed by atoms with Crippen molar-refractivity contribution in [3.63, 3.8) is 0 Å². The first-order valence-corrected chi connectivity index (χ1v) is 17.7. The molecule has 6 heteroatoms. The van der Waals surface area contributed by atoms with Crippen molar-refractivity contribution >= 4 is 12.0 Å². The average Bonchev–Trinajstić information content (AvgIpc) is 3.36. The van der Waals surface area contributed by atoms with Crippen LogP contribution in [0.2, 0.25) is 0 Å². The van der Waals surface area contributed by atoms with Crippen LogP contribution in [0.15, 0.2) is 24.3 Å². The van der Waals surface area contributed by atoms with Gasteiger partial charge in [0.2, 0.25) is 0 Å². The molecule has 5 aliphatic carbocycles. The van der Waals surface area contributed by atoms with Crippen LogP contribution in [0.25, 0.3) is 6.08 Å². The van der Waals surface area contributed by atoms with Crippen molar-refractivity contribution < 1.29 is 30.0 Å². The van der Waals surface area contributed by atoms with E-state index in [-0.39, 0.29) is 63.2 Å². The van der Waals surface area contributed by atoms with E-state index in [1.165, 1.54) is 37.5 Å². The van der Waals surface area contributed by atoms with E-state index in [4.69, 9.17) is 4.74 Å². The van der Waals surface area contributed by atoms with E-state index in [0.29, 0.717) is 29.2 Å². The van der Waals surface area contributed by atoms with Crippen molar-refractivity contribution in [3.8, 4) is 11.5 Å². The van der Waals surface area contributed by atoms with Crippen molar-refractivity contribution in [1.82, 2.24) is 0 Å². The Morgan fingerprint density at radius 2 is 1.62 bits per heavy atom. The molecular weight excluding hydrogens is 564 g/mol. The molecule has 5 fully saturated rings. The Bertz CT molecular complexity index is 1340. The number of ether oxygens (including phenoxy) is 1. The number of aromatic hydroxyl groups is 2. The normalized spacial score (nSPS) is 44.0. The van der Waals surface area contributed by atoms with Crippen LogP contribution in [0.3, 0.4) is 0 Å². The second-order valence-corrected chi connectivity index (χ2v) is 17.9. The summed E-state index contributed by atoms with van der Waals surface area (Å²) in [5.41, 5.74) is 0.197. The van der Waals surface area contributed by atoms with Gasteiger partial charge in [0.25, 0.3) is 0 Å². The van der Waals surface area contributed by atoms with Gasteiger partial charge in [-0.05, 0) is 153 Å².